The van der Waals surface area contributed by atoms with Crippen LogP contribution in [-0.2, 0) is 4.79 Å². The van der Waals surface area contributed by atoms with Crippen molar-refractivity contribution in [1.82, 2.24) is 0 Å². The predicted molar refractivity (Wildman–Crippen MR) is 52.4 cm³/mol. The molecule has 0 aromatic carbocycles. The van der Waals surface area contributed by atoms with E-state index in [0.717, 1.165) is 6.42 Å². The molecule has 13 heavy (non-hydrogen) atoms. The lowest BCUT2D eigenvalue weighted by Gasteiger charge is -2.22. The van der Waals surface area contributed by atoms with Crippen molar-refractivity contribution >= 4 is 5.97 Å². The lowest BCUT2D eigenvalue weighted by molar-refractivity contribution is -0.131. The highest BCUT2D eigenvalue weighted by molar-refractivity contribution is 5.79. The molecule has 0 spiro atoms. The maximum Gasteiger partial charge on any atom is 0.327 e. The van der Waals surface area contributed by atoms with Crippen LogP contribution in [0.1, 0.15) is 26.2 Å². The van der Waals surface area contributed by atoms with Crippen LogP contribution in [0.3, 0.4) is 0 Å². The van der Waals surface area contributed by atoms with Crippen molar-refractivity contribution in [2.75, 3.05) is 0 Å². The Morgan fingerprint density at radius 2 is 2.46 bits per heavy atom. The van der Waals surface area contributed by atoms with Gasteiger partial charge in [-0.3, -0.25) is 0 Å². The molecule has 2 nitrogen and oxygen atoms in total. The third kappa shape index (κ3) is 3.45. The van der Waals surface area contributed by atoms with Gasteiger partial charge in [0.1, 0.15) is 0 Å². The van der Waals surface area contributed by atoms with Gasteiger partial charge in [-0.25, -0.2) is 4.79 Å². The van der Waals surface area contributed by atoms with Gasteiger partial charge in [0.2, 0.25) is 0 Å². The SMILES string of the molecule is C[C@H]1CCC=CC1CC=CC(=O)O. The average molecular weight is 180 g/mol. The minimum atomic E-state index is -0.854. The predicted octanol–water partition coefficient (Wildman–Crippen LogP) is 2.62. The van der Waals surface area contributed by atoms with Gasteiger partial charge >= 0.3 is 5.97 Å². The molecule has 1 unspecified atom stereocenters. The zero-order valence-corrected chi connectivity index (χ0v) is 7.94. The quantitative estimate of drug-likeness (QED) is 0.535. The molecule has 0 fully saturated rings. The monoisotopic (exact) mass is 180 g/mol. The Balaban J connectivity index is 2.39. The first-order valence-corrected chi connectivity index (χ1v) is 4.76. The van der Waals surface area contributed by atoms with Crippen LogP contribution in [0.15, 0.2) is 24.3 Å². The maximum absolute atomic E-state index is 10.2. The number of allylic oxidation sites excluding steroid dienone is 3. The Morgan fingerprint density at radius 1 is 1.69 bits per heavy atom. The van der Waals surface area contributed by atoms with E-state index in [-0.39, 0.29) is 0 Å². The zero-order chi connectivity index (χ0) is 9.68. The Bertz CT molecular complexity index is 228. The first-order valence-electron chi connectivity index (χ1n) is 4.76. The van der Waals surface area contributed by atoms with Gasteiger partial charge in [-0.05, 0) is 31.1 Å². The van der Waals surface area contributed by atoms with Crippen molar-refractivity contribution in [3.63, 3.8) is 0 Å². The van der Waals surface area contributed by atoms with E-state index in [9.17, 15) is 4.79 Å². The van der Waals surface area contributed by atoms with Gasteiger partial charge in [-0.15, -0.1) is 0 Å². The number of hydrogen-bond acceptors (Lipinski definition) is 1. The van der Waals surface area contributed by atoms with E-state index >= 15 is 0 Å². The van der Waals surface area contributed by atoms with Crippen LogP contribution in [0.25, 0.3) is 0 Å². The van der Waals surface area contributed by atoms with Gasteiger partial charge in [0, 0.05) is 6.08 Å². The summed E-state index contributed by atoms with van der Waals surface area (Å²) in [4.78, 5) is 10.2. The Morgan fingerprint density at radius 3 is 3.08 bits per heavy atom. The molecule has 0 aromatic rings. The summed E-state index contributed by atoms with van der Waals surface area (Å²) in [5, 5.41) is 8.40. The van der Waals surface area contributed by atoms with E-state index in [1.54, 1.807) is 6.08 Å². The van der Waals surface area contributed by atoms with Gasteiger partial charge in [0.05, 0.1) is 0 Å². The van der Waals surface area contributed by atoms with E-state index in [2.05, 4.69) is 19.1 Å². The molecule has 1 aliphatic rings. The number of carboxylic acids is 1. The number of aliphatic carboxylic acids is 1. The molecule has 0 radical (unpaired) electrons. The molecule has 0 aliphatic heterocycles. The molecule has 1 N–H and O–H groups in total. The summed E-state index contributed by atoms with van der Waals surface area (Å²) in [6, 6.07) is 0. The van der Waals surface area contributed by atoms with Crippen molar-refractivity contribution in [1.29, 1.82) is 0 Å². The maximum atomic E-state index is 10.2. The lowest BCUT2D eigenvalue weighted by Crippen LogP contribution is -2.11. The molecular weight excluding hydrogens is 164 g/mol. The Labute approximate surface area is 79.0 Å². The molecule has 0 heterocycles. The summed E-state index contributed by atoms with van der Waals surface area (Å²) >= 11 is 0. The van der Waals surface area contributed by atoms with Crippen molar-refractivity contribution in [2.45, 2.75) is 26.2 Å². The van der Waals surface area contributed by atoms with Crippen molar-refractivity contribution in [2.24, 2.45) is 11.8 Å². The summed E-state index contributed by atoms with van der Waals surface area (Å²) in [5.74, 6) is 0.361. The van der Waals surface area contributed by atoms with E-state index in [4.69, 9.17) is 5.11 Å². The molecule has 0 saturated carbocycles. The standard InChI is InChI=1S/C11H16O2/c1-9-5-2-3-6-10(9)7-4-8-11(12)13/h3-4,6,8-10H,2,5,7H2,1H3,(H,12,13)/t9-,10?/m0/s1. The minimum absolute atomic E-state index is 0.532. The number of carboxylic acid groups (broad SMARTS) is 1. The second-order valence-electron chi connectivity index (χ2n) is 3.62. The molecule has 1 aliphatic carbocycles. The van der Waals surface area contributed by atoms with Crippen LogP contribution in [0.2, 0.25) is 0 Å². The molecule has 0 aromatic heterocycles. The summed E-state index contributed by atoms with van der Waals surface area (Å²) in [6.07, 6.45) is 10.6. The van der Waals surface area contributed by atoms with Crippen LogP contribution in [0, 0.1) is 11.8 Å². The normalized spacial score (nSPS) is 28.1. The number of rotatable bonds is 3. The second-order valence-corrected chi connectivity index (χ2v) is 3.62. The topological polar surface area (TPSA) is 37.3 Å². The summed E-state index contributed by atoms with van der Waals surface area (Å²) in [7, 11) is 0. The smallest absolute Gasteiger partial charge is 0.327 e. The lowest BCUT2D eigenvalue weighted by atomic mass is 9.83. The highest BCUT2D eigenvalue weighted by atomic mass is 16.4. The van der Waals surface area contributed by atoms with Gasteiger partial charge < -0.3 is 5.11 Å². The molecular formula is C11H16O2. The van der Waals surface area contributed by atoms with Crippen molar-refractivity contribution < 1.29 is 9.90 Å². The summed E-state index contributed by atoms with van der Waals surface area (Å²) in [5.41, 5.74) is 0. The molecule has 2 atom stereocenters. The van der Waals surface area contributed by atoms with E-state index in [1.807, 2.05) is 0 Å². The van der Waals surface area contributed by atoms with Crippen LogP contribution >= 0.6 is 0 Å². The van der Waals surface area contributed by atoms with E-state index in [0.29, 0.717) is 11.8 Å². The molecule has 0 saturated heterocycles. The fourth-order valence-corrected chi connectivity index (χ4v) is 1.67. The third-order valence-electron chi connectivity index (χ3n) is 2.57. The fourth-order valence-electron chi connectivity index (χ4n) is 1.67. The van der Waals surface area contributed by atoms with Crippen LogP contribution < -0.4 is 0 Å². The van der Waals surface area contributed by atoms with E-state index < -0.39 is 5.97 Å². The Kier molecular flexibility index (Phi) is 3.74. The van der Waals surface area contributed by atoms with E-state index in [1.165, 1.54) is 18.9 Å². The highest BCUT2D eigenvalue weighted by Gasteiger charge is 2.15. The largest absolute Gasteiger partial charge is 0.478 e. The molecule has 2 heteroatoms. The summed E-state index contributed by atoms with van der Waals surface area (Å²) < 4.78 is 0. The van der Waals surface area contributed by atoms with Gasteiger partial charge in [0.15, 0.2) is 0 Å². The van der Waals surface area contributed by atoms with Crippen molar-refractivity contribution in [3.05, 3.63) is 24.3 Å². The molecule has 72 valence electrons. The van der Waals surface area contributed by atoms with Gasteiger partial charge in [0.25, 0.3) is 0 Å². The first-order chi connectivity index (χ1) is 6.20. The Hall–Kier alpha value is -1.05. The third-order valence-corrected chi connectivity index (χ3v) is 2.57. The second kappa shape index (κ2) is 4.85. The van der Waals surface area contributed by atoms with Crippen LogP contribution in [-0.4, -0.2) is 11.1 Å². The summed E-state index contributed by atoms with van der Waals surface area (Å²) in [6.45, 7) is 2.22. The van der Waals surface area contributed by atoms with Crippen LogP contribution in [0.5, 0.6) is 0 Å². The fraction of sp³-hybridized carbons (Fsp3) is 0.545. The number of carbonyl (C=O) groups is 1. The van der Waals surface area contributed by atoms with Gasteiger partial charge in [-0.1, -0.05) is 25.2 Å². The minimum Gasteiger partial charge on any atom is -0.478 e. The highest BCUT2D eigenvalue weighted by Crippen LogP contribution is 2.26. The van der Waals surface area contributed by atoms with Gasteiger partial charge in [-0.2, -0.15) is 0 Å². The first kappa shape index (κ1) is 10.0. The average Bonchev–Trinajstić information content (AvgIpc) is 2.08. The molecule has 0 bridgehead atoms. The van der Waals surface area contributed by atoms with Crippen LogP contribution in [0.4, 0.5) is 0 Å². The molecule has 1 rings (SSSR count). The molecule has 0 amide bonds. The number of hydrogen-bond donors (Lipinski definition) is 1. The zero-order valence-electron chi connectivity index (χ0n) is 7.94. The van der Waals surface area contributed by atoms with Crippen molar-refractivity contribution in [3.8, 4) is 0 Å².